The fraction of sp³-hybridized carbons (Fsp3) is 0.250. The summed E-state index contributed by atoms with van der Waals surface area (Å²) >= 11 is 0. The average molecular weight is 769 g/mol. The Labute approximate surface area is 353 Å². The molecule has 7 aromatic carbocycles. The molecular weight excluding hydrogens is 711 g/mol. The van der Waals surface area contributed by atoms with Gasteiger partial charge in [-0.1, -0.05) is 184 Å². The molecule has 0 radical (unpaired) electrons. The molecule has 0 N–H and O–H groups in total. The molecule has 0 amide bonds. The number of hydrogen-bond donors (Lipinski definition) is 0. The zero-order valence-electron chi connectivity index (χ0n) is 36.6. The van der Waals surface area contributed by atoms with Crippen molar-refractivity contribution in [2.45, 2.75) is 90.9 Å². The molecule has 9 rings (SSSR count). The lowest BCUT2D eigenvalue weighted by Gasteiger charge is -2.45. The number of benzene rings is 7. The molecule has 2 nitrogen and oxygen atoms in total. The molecule has 0 spiro atoms. The van der Waals surface area contributed by atoms with Gasteiger partial charge in [0.25, 0.3) is 6.71 Å². The highest BCUT2D eigenvalue weighted by molar-refractivity contribution is 7.00. The molecule has 0 unspecified atom stereocenters. The Morgan fingerprint density at radius 3 is 1.15 bits per heavy atom. The number of fused-ring (bicyclic) bond motifs is 4. The zero-order valence-corrected chi connectivity index (χ0v) is 36.6. The smallest absolute Gasteiger partial charge is 0.252 e. The van der Waals surface area contributed by atoms with Gasteiger partial charge in [-0.15, -0.1) is 0 Å². The van der Waals surface area contributed by atoms with E-state index in [1.54, 1.807) is 0 Å². The second-order valence-electron chi connectivity index (χ2n) is 19.9. The van der Waals surface area contributed by atoms with Gasteiger partial charge in [0, 0.05) is 45.0 Å². The van der Waals surface area contributed by atoms with Crippen molar-refractivity contribution in [2.24, 2.45) is 0 Å². The third-order valence-electron chi connectivity index (χ3n) is 13.4. The van der Waals surface area contributed by atoms with Crippen molar-refractivity contribution >= 4 is 57.2 Å². The van der Waals surface area contributed by atoms with Gasteiger partial charge >= 0.3 is 0 Å². The lowest BCUT2D eigenvalue weighted by molar-refractivity contribution is 0.590. The fourth-order valence-electron chi connectivity index (χ4n) is 9.54. The van der Waals surface area contributed by atoms with Crippen LogP contribution in [0.1, 0.15) is 103 Å². The van der Waals surface area contributed by atoms with Crippen LogP contribution in [0.3, 0.4) is 0 Å². The van der Waals surface area contributed by atoms with Gasteiger partial charge in [0.1, 0.15) is 0 Å². The Morgan fingerprint density at radius 1 is 0.322 bits per heavy atom. The van der Waals surface area contributed by atoms with Crippen molar-refractivity contribution < 1.29 is 0 Å². The molecule has 0 saturated carbocycles. The molecule has 0 saturated heterocycles. The topological polar surface area (TPSA) is 6.48 Å². The van der Waals surface area contributed by atoms with E-state index in [4.69, 9.17) is 0 Å². The standard InChI is InChI=1S/C56H57BN2/c1-53(2,3)38-24-30-44(31-25-38)58-48-34-28-42(54(4,5)6)36-46(48)57-47-37-43(56(9,10)40-20-15-12-16-21-40)29-35-49(47)59(51-23-17-22-50(58)52(51)57)45-32-26-41(27-33-45)55(7,8)39-18-13-11-14-19-39/h11-37H,1-10H3. The van der Waals surface area contributed by atoms with Gasteiger partial charge in [0.15, 0.2) is 0 Å². The minimum absolute atomic E-state index is 0.00996. The molecule has 294 valence electrons. The van der Waals surface area contributed by atoms with Crippen LogP contribution in [0.5, 0.6) is 0 Å². The predicted octanol–water partition coefficient (Wildman–Crippen LogP) is 13.0. The Hall–Kier alpha value is -5.80. The molecule has 0 fully saturated rings. The molecule has 0 atom stereocenters. The van der Waals surface area contributed by atoms with Gasteiger partial charge in [-0.25, -0.2) is 0 Å². The quantitative estimate of drug-likeness (QED) is 0.155. The predicted molar refractivity (Wildman–Crippen MR) is 255 cm³/mol. The Kier molecular flexibility index (Phi) is 9.12. The lowest BCUT2D eigenvalue weighted by Crippen LogP contribution is -2.61. The molecule has 59 heavy (non-hydrogen) atoms. The summed E-state index contributed by atoms with van der Waals surface area (Å²) in [6.45, 7) is 23.3. The van der Waals surface area contributed by atoms with Gasteiger partial charge in [-0.2, -0.15) is 0 Å². The van der Waals surface area contributed by atoms with Crippen LogP contribution in [0, 0.1) is 0 Å². The molecule has 0 aromatic heterocycles. The summed E-state index contributed by atoms with van der Waals surface area (Å²) in [7, 11) is 0. The molecule has 2 heterocycles. The van der Waals surface area contributed by atoms with E-state index in [-0.39, 0.29) is 28.4 Å². The average Bonchev–Trinajstić information content (AvgIpc) is 3.23. The number of rotatable bonds is 6. The molecule has 0 aliphatic carbocycles. The molecule has 7 aromatic rings. The second-order valence-corrected chi connectivity index (χ2v) is 19.9. The van der Waals surface area contributed by atoms with Crippen LogP contribution in [0.2, 0.25) is 0 Å². The first-order chi connectivity index (χ1) is 28.0. The highest BCUT2D eigenvalue weighted by Crippen LogP contribution is 2.46. The highest BCUT2D eigenvalue weighted by atomic mass is 15.2. The van der Waals surface area contributed by atoms with Crippen molar-refractivity contribution in [3.05, 3.63) is 197 Å². The Bertz CT molecular complexity index is 2660. The van der Waals surface area contributed by atoms with E-state index in [0.29, 0.717) is 0 Å². The van der Waals surface area contributed by atoms with Gasteiger partial charge < -0.3 is 9.80 Å². The summed E-state index contributed by atoms with van der Waals surface area (Å²) in [4.78, 5) is 5.05. The van der Waals surface area contributed by atoms with Crippen LogP contribution in [-0.4, -0.2) is 6.71 Å². The summed E-state index contributed by atoms with van der Waals surface area (Å²) in [6, 6.07) is 62.0. The first kappa shape index (κ1) is 38.7. The summed E-state index contributed by atoms with van der Waals surface area (Å²) in [5, 5.41) is 0. The van der Waals surface area contributed by atoms with Crippen molar-refractivity contribution in [3.63, 3.8) is 0 Å². The van der Waals surface area contributed by atoms with Crippen LogP contribution < -0.4 is 26.2 Å². The first-order valence-corrected chi connectivity index (χ1v) is 21.4. The van der Waals surface area contributed by atoms with E-state index in [1.165, 1.54) is 78.2 Å². The fourth-order valence-corrected chi connectivity index (χ4v) is 9.54. The monoisotopic (exact) mass is 768 g/mol. The van der Waals surface area contributed by atoms with Crippen molar-refractivity contribution in [1.82, 2.24) is 0 Å². The maximum atomic E-state index is 2.54. The Morgan fingerprint density at radius 2 is 0.695 bits per heavy atom. The van der Waals surface area contributed by atoms with E-state index in [9.17, 15) is 0 Å². The normalized spacial score (nSPS) is 13.8. The number of nitrogens with zero attached hydrogens (tertiary/aromatic N) is 2. The summed E-state index contributed by atoms with van der Waals surface area (Å²) < 4.78 is 0. The van der Waals surface area contributed by atoms with Crippen molar-refractivity contribution in [2.75, 3.05) is 9.80 Å². The van der Waals surface area contributed by atoms with Crippen LogP contribution in [0.25, 0.3) is 0 Å². The number of hydrogen-bond acceptors (Lipinski definition) is 2. The van der Waals surface area contributed by atoms with E-state index in [2.05, 4.69) is 243 Å². The highest BCUT2D eigenvalue weighted by Gasteiger charge is 2.44. The molecule has 3 heteroatoms. The maximum Gasteiger partial charge on any atom is 0.252 e. The second kappa shape index (κ2) is 13.9. The molecule has 0 bridgehead atoms. The van der Waals surface area contributed by atoms with E-state index < -0.39 is 0 Å². The largest absolute Gasteiger partial charge is 0.311 e. The van der Waals surface area contributed by atoms with E-state index >= 15 is 0 Å². The third-order valence-corrected chi connectivity index (χ3v) is 13.4. The van der Waals surface area contributed by atoms with Crippen LogP contribution in [-0.2, 0) is 21.7 Å². The van der Waals surface area contributed by atoms with Crippen LogP contribution in [0.4, 0.5) is 34.1 Å². The van der Waals surface area contributed by atoms with Crippen molar-refractivity contribution in [1.29, 1.82) is 0 Å². The molecule has 2 aliphatic rings. The van der Waals surface area contributed by atoms with Crippen molar-refractivity contribution in [3.8, 4) is 0 Å². The number of anilines is 6. The molecule has 2 aliphatic heterocycles. The van der Waals surface area contributed by atoms with Crippen LogP contribution in [0.15, 0.2) is 164 Å². The minimum atomic E-state index is -0.197. The zero-order chi connectivity index (χ0) is 41.5. The van der Waals surface area contributed by atoms with Gasteiger partial charge in [-0.05, 0) is 109 Å². The summed E-state index contributed by atoms with van der Waals surface area (Å²) in [5.74, 6) is 0. The van der Waals surface area contributed by atoms with E-state index in [0.717, 1.165) is 5.69 Å². The Balaban J connectivity index is 1.30. The molecular formula is C56H57BN2. The lowest BCUT2D eigenvalue weighted by atomic mass is 9.33. The van der Waals surface area contributed by atoms with Gasteiger partial charge in [0.2, 0.25) is 0 Å². The summed E-state index contributed by atoms with van der Waals surface area (Å²) in [6.07, 6.45) is 0. The maximum absolute atomic E-state index is 2.54. The SMILES string of the molecule is CC(C)(C)c1ccc(N2c3ccc(C(C)(C)C)cc3B3c4cc(C(C)(C)c5ccccc5)ccc4N(c4ccc(C(C)(C)c5ccccc5)cc4)c4cccc2c43)cc1. The third kappa shape index (κ3) is 6.51. The first-order valence-electron chi connectivity index (χ1n) is 21.4. The van der Waals surface area contributed by atoms with E-state index in [1.807, 2.05) is 0 Å². The van der Waals surface area contributed by atoms with Gasteiger partial charge in [0.05, 0.1) is 0 Å². The summed E-state index contributed by atoms with van der Waals surface area (Å²) in [5.41, 5.74) is 19.0. The van der Waals surface area contributed by atoms with Crippen LogP contribution >= 0.6 is 0 Å². The van der Waals surface area contributed by atoms with Gasteiger partial charge in [-0.3, -0.25) is 0 Å². The minimum Gasteiger partial charge on any atom is -0.311 e.